The fourth-order valence-electron chi connectivity index (χ4n) is 1.68. The zero-order valence-electron chi connectivity index (χ0n) is 11.7. The van der Waals surface area contributed by atoms with Gasteiger partial charge in [-0.05, 0) is 18.8 Å². The summed E-state index contributed by atoms with van der Waals surface area (Å²) in [6.45, 7) is 8.48. The Labute approximate surface area is 104 Å². The molecule has 1 unspecified atom stereocenters. The van der Waals surface area contributed by atoms with Crippen molar-refractivity contribution < 1.29 is 4.74 Å². The van der Waals surface area contributed by atoms with Crippen LogP contribution in [0.25, 0.3) is 0 Å². The second kappa shape index (κ2) is 6.17. The molecule has 1 heterocycles. The smallest absolute Gasteiger partial charge is 0.0537 e. The molecule has 0 radical (unpaired) electrons. The van der Waals surface area contributed by atoms with Gasteiger partial charge in [-0.1, -0.05) is 13.8 Å². The van der Waals surface area contributed by atoms with Gasteiger partial charge in [-0.3, -0.25) is 4.68 Å². The van der Waals surface area contributed by atoms with Gasteiger partial charge in [0.1, 0.15) is 0 Å². The standard InChI is InChI=1S/C13H25N3O/c1-11(12-8-15-16(4)9-12)14-10-13(2,3)6-7-17-5/h8-9,11,14H,6-7,10H2,1-5H3. The minimum Gasteiger partial charge on any atom is -0.385 e. The van der Waals surface area contributed by atoms with E-state index in [2.05, 4.69) is 37.4 Å². The predicted molar refractivity (Wildman–Crippen MR) is 69.9 cm³/mol. The fourth-order valence-corrected chi connectivity index (χ4v) is 1.68. The van der Waals surface area contributed by atoms with Crippen LogP contribution in [0, 0.1) is 5.41 Å². The van der Waals surface area contributed by atoms with E-state index in [0.29, 0.717) is 6.04 Å². The molecule has 4 heteroatoms. The molecule has 0 spiro atoms. The second-order valence-corrected chi connectivity index (χ2v) is 5.46. The lowest BCUT2D eigenvalue weighted by Gasteiger charge is -2.26. The van der Waals surface area contributed by atoms with E-state index in [0.717, 1.165) is 19.6 Å². The molecule has 0 aliphatic carbocycles. The summed E-state index contributed by atoms with van der Waals surface area (Å²) in [5.41, 5.74) is 1.49. The maximum absolute atomic E-state index is 5.13. The normalized spacial score (nSPS) is 13.9. The van der Waals surface area contributed by atoms with Crippen LogP contribution in [0.2, 0.25) is 0 Å². The third-order valence-corrected chi connectivity index (χ3v) is 3.09. The number of ether oxygens (including phenoxy) is 1. The first-order chi connectivity index (χ1) is 7.94. The number of rotatable bonds is 7. The van der Waals surface area contributed by atoms with Crippen molar-refractivity contribution in [2.75, 3.05) is 20.3 Å². The molecule has 0 amide bonds. The van der Waals surface area contributed by atoms with Crippen molar-refractivity contribution in [2.24, 2.45) is 12.5 Å². The van der Waals surface area contributed by atoms with Gasteiger partial charge in [0.2, 0.25) is 0 Å². The van der Waals surface area contributed by atoms with Crippen LogP contribution in [-0.2, 0) is 11.8 Å². The number of nitrogens with one attached hydrogen (secondary N) is 1. The Morgan fingerprint density at radius 2 is 2.24 bits per heavy atom. The first-order valence-electron chi connectivity index (χ1n) is 6.15. The predicted octanol–water partition coefficient (Wildman–Crippen LogP) is 2.13. The van der Waals surface area contributed by atoms with Crippen molar-refractivity contribution >= 4 is 0 Å². The van der Waals surface area contributed by atoms with Crippen LogP contribution in [0.1, 0.15) is 38.8 Å². The topological polar surface area (TPSA) is 39.1 Å². The summed E-state index contributed by atoms with van der Waals surface area (Å²) >= 11 is 0. The molecule has 1 atom stereocenters. The zero-order valence-corrected chi connectivity index (χ0v) is 11.7. The second-order valence-electron chi connectivity index (χ2n) is 5.46. The lowest BCUT2D eigenvalue weighted by molar-refractivity contribution is 0.149. The minimum absolute atomic E-state index is 0.256. The van der Waals surface area contributed by atoms with Gasteiger partial charge in [-0.25, -0.2) is 0 Å². The van der Waals surface area contributed by atoms with Crippen molar-refractivity contribution in [3.8, 4) is 0 Å². The highest BCUT2D eigenvalue weighted by atomic mass is 16.5. The molecule has 1 N–H and O–H groups in total. The quantitative estimate of drug-likeness (QED) is 0.792. The van der Waals surface area contributed by atoms with Gasteiger partial charge in [0.05, 0.1) is 6.20 Å². The molecular weight excluding hydrogens is 214 g/mol. The number of hydrogen-bond donors (Lipinski definition) is 1. The molecule has 0 saturated carbocycles. The van der Waals surface area contributed by atoms with Crippen molar-refractivity contribution in [3.63, 3.8) is 0 Å². The maximum atomic E-state index is 5.13. The summed E-state index contributed by atoms with van der Waals surface area (Å²) in [5, 5.41) is 7.74. The van der Waals surface area contributed by atoms with E-state index in [1.807, 2.05) is 17.9 Å². The van der Waals surface area contributed by atoms with Gasteiger partial charge in [-0.2, -0.15) is 5.10 Å². The van der Waals surface area contributed by atoms with Crippen molar-refractivity contribution in [1.29, 1.82) is 0 Å². The van der Waals surface area contributed by atoms with Gasteiger partial charge in [0, 0.05) is 45.1 Å². The lowest BCUT2D eigenvalue weighted by atomic mass is 9.89. The Hall–Kier alpha value is -0.870. The molecule has 1 rings (SSSR count). The number of nitrogens with zero attached hydrogens (tertiary/aromatic N) is 2. The van der Waals surface area contributed by atoms with Gasteiger partial charge in [-0.15, -0.1) is 0 Å². The minimum atomic E-state index is 0.256. The van der Waals surface area contributed by atoms with Crippen LogP contribution < -0.4 is 5.32 Å². The molecule has 17 heavy (non-hydrogen) atoms. The number of hydrogen-bond acceptors (Lipinski definition) is 3. The van der Waals surface area contributed by atoms with Crippen LogP contribution in [-0.4, -0.2) is 30.0 Å². The summed E-state index contributed by atoms with van der Waals surface area (Å²) in [5.74, 6) is 0. The highest BCUT2D eigenvalue weighted by Gasteiger charge is 2.18. The van der Waals surface area contributed by atoms with E-state index in [4.69, 9.17) is 4.74 Å². The van der Waals surface area contributed by atoms with Crippen molar-refractivity contribution in [2.45, 2.75) is 33.2 Å². The molecule has 0 fully saturated rings. The van der Waals surface area contributed by atoms with Crippen molar-refractivity contribution in [1.82, 2.24) is 15.1 Å². The summed E-state index contributed by atoms with van der Waals surface area (Å²) in [6.07, 6.45) is 5.04. The average Bonchev–Trinajstić information content (AvgIpc) is 2.70. The van der Waals surface area contributed by atoms with E-state index < -0.39 is 0 Å². The van der Waals surface area contributed by atoms with E-state index >= 15 is 0 Å². The number of aryl methyl sites for hydroxylation is 1. The highest BCUT2D eigenvalue weighted by Crippen LogP contribution is 2.21. The van der Waals surface area contributed by atoms with Crippen LogP contribution in [0.4, 0.5) is 0 Å². The molecule has 4 nitrogen and oxygen atoms in total. The Morgan fingerprint density at radius 1 is 1.53 bits per heavy atom. The highest BCUT2D eigenvalue weighted by molar-refractivity contribution is 5.08. The first kappa shape index (κ1) is 14.2. The van der Waals surface area contributed by atoms with Gasteiger partial charge >= 0.3 is 0 Å². The van der Waals surface area contributed by atoms with E-state index in [9.17, 15) is 0 Å². The molecule has 0 aliphatic heterocycles. The Balaban J connectivity index is 2.39. The largest absolute Gasteiger partial charge is 0.385 e. The third-order valence-electron chi connectivity index (χ3n) is 3.09. The van der Waals surface area contributed by atoms with Crippen LogP contribution in [0.15, 0.2) is 12.4 Å². The number of methoxy groups -OCH3 is 1. The Kier molecular flexibility index (Phi) is 5.15. The molecule has 0 bridgehead atoms. The molecule has 1 aromatic heterocycles. The third kappa shape index (κ3) is 4.88. The zero-order chi connectivity index (χ0) is 12.9. The van der Waals surface area contributed by atoms with E-state index in [1.165, 1.54) is 5.56 Å². The summed E-state index contributed by atoms with van der Waals surface area (Å²) in [7, 11) is 3.69. The Morgan fingerprint density at radius 3 is 2.76 bits per heavy atom. The molecule has 0 saturated heterocycles. The Bertz CT molecular complexity index is 333. The maximum Gasteiger partial charge on any atom is 0.0537 e. The van der Waals surface area contributed by atoms with E-state index in [-0.39, 0.29) is 5.41 Å². The van der Waals surface area contributed by atoms with Crippen LogP contribution >= 0.6 is 0 Å². The average molecular weight is 239 g/mol. The molecule has 0 aliphatic rings. The van der Waals surface area contributed by atoms with Crippen LogP contribution in [0.3, 0.4) is 0 Å². The summed E-state index contributed by atoms with van der Waals surface area (Å²) in [4.78, 5) is 0. The summed E-state index contributed by atoms with van der Waals surface area (Å²) in [6, 6.07) is 0.338. The van der Waals surface area contributed by atoms with Gasteiger partial charge in [0.15, 0.2) is 0 Å². The molecule has 0 aromatic carbocycles. The lowest BCUT2D eigenvalue weighted by Crippen LogP contribution is -2.32. The molecule has 98 valence electrons. The molecule has 1 aromatic rings. The van der Waals surface area contributed by atoms with Crippen molar-refractivity contribution in [3.05, 3.63) is 18.0 Å². The molecular formula is C13H25N3O. The monoisotopic (exact) mass is 239 g/mol. The first-order valence-corrected chi connectivity index (χ1v) is 6.15. The van der Waals surface area contributed by atoms with Crippen LogP contribution in [0.5, 0.6) is 0 Å². The van der Waals surface area contributed by atoms with Gasteiger partial charge in [0.25, 0.3) is 0 Å². The summed E-state index contributed by atoms with van der Waals surface area (Å²) < 4.78 is 6.97. The number of aromatic nitrogens is 2. The SMILES string of the molecule is COCCC(C)(C)CNC(C)c1cnn(C)c1. The van der Waals surface area contributed by atoms with Gasteiger partial charge < -0.3 is 10.1 Å². The fraction of sp³-hybridized carbons (Fsp3) is 0.769. The van der Waals surface area contributed by atoms with E-state index in [1.54, 1.807) is 7.11 Å².